The minimum atomic E-state index is -0.283. The van der Waals surface area contributed by atoms with Gasteiger partial charge in [0.25, 0.3) is 5.91 Å². The average Bonchev–Trinajstić information content (AvgIpc) is 3.10. The van der Waals surface area contributed by atoms with Crippen molar-refractivity contribution in [2.45, 2.75) is 6.92 Å². The van der Waals surface area contributed by atoms with Gasteiger partial charge in [0.1, 0.15) is 5.69 Å². The highest BCUT2D eigenvalue weighted by atomic mass is 35.5. The van der Waals surface area contributed by atoms with Gasteiger partial charge in [-0.05, 0) is 31.2 Å². The molecule has 0 fully saturated rings. The molecule has 6 heteroatoms. The summed E-state index contributed by atoms with van der Waals surface area (Å²) in [6, 6.07) is 10.7. The molecule has 0 aliphatic carbocycles. The van der Waals surface area contributed by atoms with E-state index in [4.69, 9.17) is 16.0 Å². The second kappa shape index (κ2) is 5.71. The molecule has 106 valence electrons. The summed E-state index contributed by atoms with van der Waals surface area (Å²) < 4.78 is 5.30. The molecule has 0 radical (unpaired) electrons. The fraction of sp³-hybridized carbons (Fsp3) is 0.0667. The smallest absolute Gasteiger partial charge is 0.275 e. The van der Waals surface area contributed by atoms with E-state index in [0.717, 1.165) is 4.88 Å². The predicted octanol–water partition coefficient (Wildman–Crippen LogP) is 4.62. The number of amides is 1. The molecule has 1 amide bonds. The molecule has 0 saturated heterocycles. The zero-order valence-corrected chi connectivity index (χ0v) is 12.7. The average molecular weight is 319 g/mol. The van der Waals surface area contributed by atoms with Gasteiger partial charge in [-0.1, -0.05) is 23.7 Å². The van der Waals surface area contributed by atoms with Crippen molar-refractivity contribution >= 4 is 34.5 Å². The van der Waals surface area contributed by atoms with E-state index in [9.17, 15) is 4.79 Å². The van der Waals surface area contributed by atoms with Crippen molar-refractivity contribution in [3.05, 3.63) is 58.3 Å². The van der Waals surface area contributed by atoms with Crippen LogP contribution in [0.2, 0.25) is 5.02 Å². The monoisotopic (exact) mass is 318 g/mol. The van der Waals surface area contributed by atoms with Crippen LogP contribution < -0.4 is 5.32 Å². The summed E-state index contributed by atoms with van der Waals surface area (Å²) in [5.41, 5.74) is 0.947. The maximum absolute atomic E-state index is 12.3. The Bertz CT molecular complexity index is 781. The molecule has 3 aromatic rings. The van der Waals surface area contributed by atoms with Crippen LogP contribution in [0.3, 0.4) is 0 Å². The van der Waals surface area contributed by atoms with E-state index in [1.54, 1.807) is 30.5 Å². The third-order valence-corrected chi connectivity index (χ3v) is 4.18. The van der Waals surface area contributed by atoms with Crippen LogP contribution in [-0.2, 0) is 0 Å². The number of anilines is 1. The quantitative estimate of drug-likeness (QED) is 0.766. The lowest BCUT2D eigenvalue weighted by atomic mass is 10.3. The van der Waals surface area contributed by atoms with E-state index >= 15 is 0 Å². The number of carbonyl (C=O) groups is 1. The number of nitrogens with one attached hydrogen (secondary N) is 1. The van der Waals surface area contributed by atoms with Crippen LogP contribution in [0.5, 0.6) is 0 Å². The molecule has 3 rings (SSSR count). The molecular formula is C15H11ClN2O2S. The summed E-state index contributed by atoms with van der Waals surface area (Å²) in [4.78, 5) is 17.5. The number of furan rings is 1. The van der Waals surface area contributed by atoms with Crippen LogP contribution in [0.1, 0.15) is 15.4 Å². The molecule has 0 aliphatic rings. The molecule has 0 spiro atoms. The molecule has 2 heterocycles. The zero-order chi connectivity index (χ0) is 14.8. The fourth-order valence-corrected chi connectivity index (χ4v) is 2.92. The summed E-state index contributed by atoms with van der Waals surface area (Å²) in [7, 11) is 0. The van der Waals surface area contributed by atoms with Gasteiger partial charge in [0, 0.05) is 4.88 Å². The number of thiazole rings is 1. The van der Waals surface area contributed by atoms with Gasteiger partial charge in [0.2, 0.25) is 0 Å². The SMILES string of the molecule is Cc1sc(-c2ccco2)nc1C(=O)Nc1ccccc1Cl. The van der Waals surface area contributed by atoms with Gasteiger partial charge < -0.3 is 9.73 Å². The Hall–Kier alpha value is -2.11. The van der Waals surface area contributed by atoms with Crippen molar-refractivity contribution in [2.75, 3.05) is 5.32 Å². The molecule has 1 N–H and O–H groups in total. The number of nitrogens with zero attached hydrogens (tertiary/aromatic N) is 1. The van der Waals surface area contributed by atoms with Crippen molar-refractivity contribution in [1.29, 1.82) is 0 Å². The number of hydrogen-bond acceptors (Lipinski definition) is 4. The lowest BCUT2D eigenvalue weighted by Crippen LogP contribution is -2.13. The van der Waals surface area contributed by atoms with E-state index in [0.29, 0.717) is 27.2 Å². The van der Waals surface area contributed by atoms with Crippen molar-refractivity contribution in [2.24, 2.45) is 0 Å². The van der Waals surface area contributed by atoms with E-state index in [-0.39, 0.29) is 5.91 Å². The maximum atomic E-state index is 12.3. The Kier molecular flexibility index (Phi) is 3.77. The van der Waals surface area contributed by atoms with Crippen LogP contribution in [0.15, 0.2) is 47.1 Å². The first-order valence-corrected chi connectivity index (χ1v) is 7.42. The first kappa shape index (κ1) is 13.9. The number of benzene rings is 1. The van der Waals surface area contributed by atoms with Crippen LogP contribution in [0.25, 0.3) is 10.8 Å². The predicted molar refractivity (Wildman–Crippen MR) is 84.0 cm³/mol. The summed E-state index contributed by atoms with van der Waals surface area (Å²) in [6.07, 6.45) is 1.58. The van der Waals surface area contributed by atoms with Crippen LogP contribution in [-0.4, -0.2) is 10.9 Å². The number of aryl methyl sites for hydroxylation is 1. The Morgan fingerprint density at radius 2 is 2.10 bits per heavy atom. The van der Waals surface area contributed by atoms with E-state index < -0.39 is 0 Å². The molecule has 0 atom stereocenters. The van der Waals surface area contributed by atoms with Crippen LogP contribution in [0, 0.1) is 6.92 Å². The molecule has 21 heavy (non-hydrogen) atoms. The van der Waals surface area contributed by atoms with Crippen molar-refractivity contribution in [1.82, 2.24) is 4.98 Å². The Morgan fingerprint density at radius 1 is 1.29 bits per heavy atom. The summed E-state index contributed by atoms with van der Waals surface area (Å²) in [6.45, 7) is 1.85. The zero-order valence-electron chi connectivity index (χ0n) is 11.1. The molecule has 2 aromatic heterocycles. The van der Waals surface area contributed by atoms with Gasteiger partial charge >= 0.3 is 0 Å². The van der Waals surface area contributed by atoms with E-state index in [1.165, 1.54) is 11.3 Å². The van der Waals surface area contributed by atoms with E-state index in [1.807, 2.05) is 19.1 Å². The number of rotatable bonds is 3. The van der Waals surface area contributed by atoms with Crippen molar-refractivity contribution in [3.8, 4) is 10.8 Å². The highest BCUT2D eigenvalue weighted by Gasteiger charge is 2.18. The number of carbonyl (C=O) groups excluding carboxylic acids is 1. The Morgan fingerprint density at radius 3 is 2.81 bits per heavy atom. The van der Waals surface area contributed by atoms with Gasteiger partial charge in [-0.2, -0.15) is 0 Å². The summed E-state index contributed by atoms with van der Waals surface area (Å²) >= 11 is 7.45. The molecule has 4 nitrogen and oxygen atoms in total. The molecule has 0 bridgehead atoms. The van der Waals surface area contributed by atoms with Gasteiger partial charge in [0.15, 0.2) is 10.8 Å². The second-order valence-electron chi connectivity index (χ2n) is 4.34. The van der Waals surface area contributed by atoms with E-state index in [2.05, 4.69) is 10.3 Å². The largest absolute Gasteiger partial charge is 0.462 e. The van der Waals surface area contributed by atoms with Gasteiger partial charge in [-0.25, -0.2) is 4.98 Å². The van der Waals surface area contributed by atoms with Crippen LogP contribution in [0.4, 0.5) is 5.69 Å². The topological polar surface area (TPSA) is 55.1 Å². The number of halogens is 1. The highest BCUT2D eigenvalue weighted by molar-refractivity contribution is 7.15. The Balaban J connectivity index is 1.87. The minimum absolute atomic E-state index is 0.283. The first-order valence-electron chi connectivity index (χ1n) is 6.22. The summed E-state index contributed by atoms with van der Waals surface area (Å²) in [5.74, 6) is 0.370. The van der Waals surface area contributed by atoms with Gasteiger partial charge in [0.05, 0.1) is 17.0 Å². The third-order valence-electron chi connectivity index (χ3n) is 2.87. The normalized spacial score (nSPS) is 10.6. The molecule has 0 unspecified atom stereocenters. The van der Waals surface area contributed by atoms with Gasteiger partial charge in [-0.3, -0.25) is 4.79 Å². The number of para-hydroxylation sites is 1. The fourth-order valence-electron chi connectivity index (χ4n) is 1.86. The highest BCUT2D eigenvalue weighted by Crippen LogP contribution is 2.29. The minimum Gasteiger partial charge on any atom is -0.462 e. The summed E-state index contributed by atoms with van der Waals surface area (Å²) in [5, 5.41) is 3.94. The van der Waals surface area contributed by atoms with Crippen LogP contribution >= 0.6 is 22.9 Å². The van der Waals surface area contributed by atoms with Crippen molar-refractivity contribution in [3.63, 3.8) is 0 Å². The first-order chi connectivity index (χ1) is 10.1. The number of aromatic nitrogens is 1. The van der Waals surface area contributed by atoms with Crippen molar-refractivity contribution < 1.29 is 9.21 Å². The molecular weight excluding hydrogens is 308 g/mol. The standard InChI is InChI=1S/C15H11ClN2O2S/c1-9-13(18-15(21-9)12-7-4-8-20-12)14(19)17-11-6-3-2-5-10(11)16/h2-8H,1H3,(H,17,19). The molecule has 0 saturated carbocycles. The second-order valence-corrected chi connectivity index (χ2v) is 5.95. The molecule has 0 aliphatic heterocycles. The van der Waals surface area contributed by atoms with Gasteiger partial charge in [-0.15, -0.1) is 11.3 Å². The Labute approximate surface area is 130 Å². The lowest BCUT2D eigenvalue weighted by Gasteiger charge is -2.05. The number of hydrogen-bond donors (Lipinski definition) is 1. The third kappa shape index (κ3) is 2.84. The molecule has 1 aromatic carbocycles. The lowest BCUT2D eigenvalue weighted by molar-refractivity contribution is 0.102. The maximum Gasteiger partial charge on any atom is 0.275 e.